The van der Waals surface area contributed by atoms with E-state index in [0.717, 1.165) is 13.1 Å². The Morgan fingerprint density at radius 1 is 0.920 bits per heavy atom. The van der Waals surface area contributed by atoms with Crippen molar-refractivity contribution >= 4 is 0 Å². The van der Waals surface area contributed by atoms with E-state index >= 15 is 0 Å². The molecule has 1 saturated heterocycles. The Kier molecular flexibility index (Phi) is 19.2. The third kappa shape index (κ3) is 10.1. The quantitative estimate of drug-likeness (QED) is 0.489. The van der Waals surface area contributed by atoms with Crippen molar-refractivity contribution < 1.29 is 0 Å². The fraction of sp³-hybridized carbons (Fsp3) is 0.500. The Hall–Kier alpha value is -1.60. The third-order valence-corrected chi connectivity index (χ3v) is 4.00. The molecule has 1 aliphatic heterocycles. The minimum absolute atomic E-state index is 0.433. The summed E-state index contributed by atoms with van der Waals surface area (Å²) in [7, 11) is 0. The molecule has 25 heavy (non-hydrogen) atoms. The number of rotatable bonds is 7. The van der Waals surface area contributed by atoms with Gasteiger partial charge in [0.25, 0.3) is 0 Å². The van der Waals surface area contributed by atoms with Gasteiger partial charge in [0.1, 0.15) is 0 Å². The molecular formula is C24H41N. The number of piperidine rings is 1. The Morgan fingerprint density at radius 3 is 1.96 bits per heavy atom. The molecule has 0 radical (unpaired) electrons. The summed E-state index contributed by atoms with van der Waals surface area (Å²) < 4.78 is 0. The lowest BCUT2D eigenvalue weighted by molar-refractivity contribution is 0.320. The van der Waals surface area contributed by atoms with Crippen LogP contribution in [0.15, 0.2) is 72.9 Å². The van der Waals surface area contributed by atoms with Gasteiger partial charge in [-0.15, -0.1) is 0 Å². The highest BCUT2D eigenvalue weighted by molar-refractivity contribution is 5.38. The molecule has 0 aliphatic carbocycles. The van der Waals surface area contributed by atoms with Gasteiger partial charge in [0, 0.05) is 5.92 Å². The maximum atomic E-state index is 3.88. The molecule has 1 N–H and O–H groups in total. The largest absolute Gasteiger partial charge is 0.317 e. The summed E-state index contributed by atoms with van der Waals surface area (Å²) in [5.41, 5.74) is 2.72. The summed E-state index contributed by atoms with van der Waals surface area (Å²) in [4.78, 5) is 0. The summed E-state index contributed by atoms with van der Waals surface area (Å²) in [5.74, 6) is 1.11. The number of nitrogens with one attached hydrogen (secondary N) is 1. The number of hydrogen-bond acceptors (Lipinski definition) is 1. The van der Waals surface area contributed by atoms with E-state index in [1.807, 2.05) is 45.9 Å². The van der Waals surface area contributed by atoms with Gasteiger partial charge in [-0.25, -0.2) is 0 Å². The van der Waals surface area contributed by atoms with Gasteiger partial charge in [0.2, 0.25) is 0 Å². The zero-order chi connectivity index (χ0) is 19.5. The van der Waals surface area contributed by atoms with E-state index in [9.17, 15) is 0 Å². The van der Waals surface area contributed by atoms with E-state index in [2.05, 4.69) is 62.7 Å². The van der Waals surface area contributed by atoms with Crippen molar-refractivity contribution in [3.8, 4) is 0 Å². The lowest BCUT2D eigenvalue weighted by Crippen LogP contribution is -2.32. The predicted octanol–water partition coefficient (Wildman–Crippen LogP) is 7.03. The van der Waals surface area contributed by atoms with Gasteiger partial charge in [-0.1, -0.05) is 89.5 Å². The molecule has 0 spiro atoms. The zero-order valence-corrected chi connectivity index (χ0v) is 17.5. The minimum atomic E-state index is 0.433. The fourth-order valence-corrected chi connectivity index (χ4v) is 3.06. The number of hydrogen-bond donors (Lipinski definition) is 1. The first-order valence-electron chi connectivity index (χ1n) is 9.89. The summed E-state index contributed by atoms with van der Waals surface area (Å²) in [6.07, 6.45) is 19.1. The normalized spacial score (nSPS) is 17.4. The highest BCUT2D eigenvalue weighted by atomic mass is 14.9. The highest BCUT2D eigenvalue weighted by Crippen LogP contribution is 2.35. The van der Waals surface area contributed by atoms with E-state index in [1.165, 1.54) is 24.0 Å². The van der Waals surface area contributed by atoms with Crippen molar-refractivity contribution in [2.24, 2.45) is 11.8 Å². The van der Waals surface area contributed by atoms with Crippen LogP contribution in [0.5, 0.6) is 0 Å². The Bertz CT molecular complexity index is 443. The first kappa shape index (κ1) is 25.6. The van der Waals surface area contributed by atoms with Gasteiger partial charge in [-0.2, -0.15) is 0 Å². The van der Waals surface area contributed by atoms with Crippen molar-refractivity contribution in [3.63, 3.8) is 0 Å². The summed E-state index contributed by atoms with van der Waals surface area (Å²) in [5, 5.41) is 3.46. The first-order chi connectivity index (χ1) is 12.3. The molecule has 1 unspecified atom stereocenters. The molecule has 1 aliphatic rings. The van der Waals surface area contributed by atoms with Crippen LogP contribution in [0.2, 0.25) is 0 Å². The monoisotopic (exact) mass is 343 g/mol. The Balaban J connectivity index is 0. The first-order valence-corrected chi connectivity index (χ1v) is 9.89. The van der Waals surface area contributed by atoms with Gasteiger partial charge in [-0.05, 0) is 56.8 Å². The highest BCUT2D eigenvalue weighted by Gasteiger charge is 2.27. The maximum Gasteiger partial charge on any atom is 0.0115 e. The smallest absolute Gasteiger partial charge is 0.0115 e. The van der Waals surface area contributed by atoms with Crippen molar-refractivity contribution in [2.75, 3.05) is 13.1 Å². The molecule has 1 fully saturated rings. The van der Waals surface area contributed by atoms with Gasteiger partial charge < -0.3 is 5.32 Å². The van der Waals surface area contributed by atoms with Crippen LogP contribution >= 0.6 is 0 Å². The summed E-state index contributed by atoms with van der Waals surface area (Å²) >= 11 is 0. The molecule has 0 bridgehead atoms. The lowest BCUT2D eigenvalue weighted by Gasteiger charge is -2.32. The number of allylic oxidation sites excluding steroid dienone is 10. The van der Waals surface area contributed by atoms with Crippen LogP contribution in [0.25, 0.3) is 0 Å². The molecule has 1 rings (SSSR count). The molecular weight excluding hydrogens is 302 g/mol. The topological polar surface area (TPSA) is 12.0 Å². The van der Waals surface area contributed by atoms with E-state index in [0.29, 0.717) is 11.8 Å². The molecule has 0 saturated carbocycles. The van der Waals surface area contributed by atoms with E-state index in [4.69, 9.17) is 0 Å². The SMILES string of the molecule is C=C/C=C\C(=C/C)C(C(/C=C\C)=C/C=C)C1CCNCC1.CC.CC. The second kappa shape index (κ2) is 18.7. The van der Waals surface area contributed by atoms with Crippen LogP contribution in [0.3, 0.4) is 0 Å². The molecule has 142 valence electrons. The van der Waals surface area contributed by atoms with Crippen LogP contribution in [-0.4, -0.2) is 13.1 Å². The van der Waals surface area contributed by atoms with Gasteiger partial charge in [0.15, 0.2) is 0 Å². The average Bonchev–Trinajstić information content (AvgIpc) is 2.69. The van der Waals surface area contributed by atoms with Gasteiger partial charge >= 0.3 is 0 Å². The molecule has 0 aromatic carbocycles. The Labute approximate surface area is 158 Å². The van der Waals surface area contributed by atoms with Crippen molar-refractivity contribution in [1.82, 2.24) is 5.32 Å². The molecule has 1 heterocycles. The third-order valence-electron chi connectivity index (χ3n) is 4.00. The molecule has 0 aromatic heterocycles. The van der Waals surface area contributed by atoms with Crippen LogP contribution < -0.4 is 5.32 Å². The fourth-order valence-electron chi connectivity index (χ4n) is 3.06. The molecule has 0 amide bonds. The zero-order valence-electron chi connectivity index (χ0n) is 17.5. The maximum absolute atomic E-state index is 3.88. The lowest BCUT2D eigenvalue weighted by atomic mass is 9.75. The van der Waals surface area contributed by atoms with E-state index in [-0.39, 0.29) is 0 Å². The second-order valence-electron chi connectivity index (χ2n) is 5.35. The second-order valence-corrected chi connectivity index (χ2v) is 5.35. The predicted molar refractivity (Wildman–Crippen MR) is 118 cm³/mol. The van der Waals surface area contributed by atoms with Gasteiger partial charge in [0.05, 0.1) is 0 Å². The molecule has 1 nitrogen and oxygen atoms in total. The average molecular weight is 344 g/mol. The Morgan fingerprint density at radius 2 is 1.52 bits per heavy atom. The molecule has 0 aromatic rings. The summed E-state index contributed by atoms with van der Waals surface area (Å²) in [6.45, 7) is 22.1. The van der Waals surface area contributed by atoms with Gasteiger partial charge in [-0.3, -0.25) is 0 Å². The van der Waals surface area contributed by atoms with Crippen LogP contribution in [-0.2, 0) is 0 Å². The van der Waals surface area contributed by atoms with Crippen molar-refractivity contribution in [1.29, 1.82) is 0 Å². The van der Waals surface area contributed by atoms with E-state index < -0.39 is 0 Å². The standard InChI is InChI=1S/C20H29N.2C2H6/c1-5-9-12-17(8-4)20(18(10-6-2)11-7-3)19-13-15-21-16-14-19;2*1-2/h5-12,19-21H,1-2,13-16H2,3-4H3;2*1-2H3/b11-7-,12-9-,17-8+,18-10+;;. The molecule has 1 atom stereocenters. The van der Waals surface area contributed by atoms with Crippen LogP contribution in [0.4, 0.5) is 0 Å². The van der Waals surface area contributed by atoms with Crippen molar-refractivity contribution in [2.45, 2.75) is 54.4 Å². The molecule has 1 heteroatoms. The minimum Gasteiger partial charge on any atom is -0.317 e. The van der Waals surface area contributed by atoms with Crippen LogP contribution in [0, 0.1) is 11.8 Å². The van der Waals surface area contributed by atoms with Crippen LogP contribution in [0.1, 0.15) is 54.4 Å². The van der Waals surface area contributed by atoms with Crippen molar-refractivity contribution in [3.05, 3.63) is 72.9 Å². The van der Waals surface area contributed by atoms with E-state index in [1.54, 1.807) is 0 Å². The summed E-state index contributed by atoms with van der Waals surface area (Å²) in [6, 6.07) is 0.